The molecule has 2 aromatic rings. The third-order valence-corrected chi connectivity index (χ3v) is 5.42. The number of rotatable bonds is 7. The normalized spacial score (nSPS) is 11.3. The summed E-state index contributed by atoms with van der Waals surface area (Å²) in [7, 11) is -2.04. The second-order valence-electron chi connectivity index (χ2n) is 5.65. The van der Waals surface area contributed by atoms with Crippen LogP contribution in [0, 0.1) is 0 Å². The van der Waals surface area contributed by atoms with Crippen LogP contribution in [0.5, 0.6) is 0 Å². The van der Waals surface area contributed by atoms with Crippen molar-refractivity contribution >= 4 is 21.7 Å². The molecular weight excluding hydrogens is 338 g/mol. The fourth-order valence-electron chi connectivity index (χ4n) is 2.23. The highest BCUT2D eigenvalue weighted by Crippen LogP contribution is 2.19. The average Bonchev–Trinajstić information content (AvgIpc) is 2.61. The summed E-state index contributed by atoms with van der Waals surface area (Å²) in [5, 5.41) is 5.36. The first kappa shape index (κ1) is 19.0. The van der Waals surface area contributed by atoms with Crippen molar-refractivity contribution in [2.45, 2.75) is 24.8 Å². The van der Waals surface area contributed by atoms with E-state index in [1.165, 1.54) is 16.4 Å². The maximum absolute atomic E-state index is 12.6. The Kier molecular flexibility index (Phi) is 6.55. The van der Waals surface area contributed by atoms with Crippen LogP contribution in [-0.2, 0) is 16.6 Å². The molecule has 6 nitrogen and oxygen atoms in total. The van der Waals surface area contributed by atoms with Gasteiger partial charge in [0.05, 0.1) is 4.90 Å². The lowest BCUT2D eigenvalue weighted by molar-refractivity contribution is 0.252. The van der Waals surface area contributed by atoms with E-state index in [9.17, 15) is 13.2 Å². The van der Waals surface area contributed by atoms with Gasteiger partial charge in [0.2, 0.25) is 10.0 Å². The lowest BCUT2D eigenvalue weighted by Crippen LogP contribution is -2.29. The first-order valence-corrected chi connectivity index (χ1v) is 9.52. The highest BCUT2D eigenvalue weighted by molar-refractivity contribution is 7.89. The standard InChI is InChI=1S/C18H23N3O3S/c1-3-13-19-18(22)20-16-9-11-17(12-10-16)25(23,24)21(2)14-15-7-5-4-6-8-15/h4-12H,3,13-14H2,1-2H3,(H2,19,20,22). The second-order valence-corrected chi connectivity index (χ2v) is 7.70. The average molecular weight is 361 g/mol. The van der Waals surface area contributed by atoms with E-state index in [4.69, 9.17) is 0 Å². The molecule has 0 atom stereocenters. The molecule has 0 spiro atoms. The summed E-state index contributed by atoms with van der Waals surface area (Å²) in [6.07, 6.45) is 0.846. The number of anilines is 1. The van der Waals surface area contributed by atoms with Crippen LogP contribution >= 0.6 is 0 Å². The molecule has 0 fully saturated rings. The van der Waals surface area contributed by atoms with E-state index in [0.29, 0.717) is 18.8 Å². The van der Waals surface area contributed by atoms with Gasteiger partial charge >= 0.3 is 6.03 Å². The zero-order valence-electron chi connectivity index (χ0n) is 14.4. The SMILES string of the molecule is CCCNC(=O)Nc1ccc(S(=O)(=O)N(C)Cc2ccccc2)cc1. The van der Waals surface area contributed by atoms with E-state index < -0.39 is 10.0 Å². The van der Waals surface area contributed by atoms with E-state index in [-0.39, 0.29) is 10.9 Å². The van der Waals surface area contributed by atoms with E-state index >= 15 is 0 Å². The van der Waals surface area contributed by atoms with Crippen molar-refractivity contribution in [1.29, 1.82) is 0 Å². The summed E-state index contributed by atoms with van der Waals surface area (Å²) < 4.78 is 26.6. The van der Waals surface area contributed by atoms with Crippen LogP contribution in [0.1, 0.15) is 18.9 Å². The molecule has 25 heavy (non-hydrogen) atoms. The molecule has 134 valence electrons. The van der Waals surface area contributed by atoms with E-state index in [2.05, 4.69) is 10.6 Å². The van der Waals surface area contributed by atoms with E-state index in [1.54, 1.807) is 19.2 Å². The van der Waals surface area contributed by atoms with Gasteiger partial charge in [0.15, 0.2) is 0 Å². The van der Waals surface area contributed by atoms with Crippen molar-refractivity contribution in [2.75, 3.05) is 18.9 Å². The van der Waals surface area contributed by atoms with Crippen LogP contribution in [0.25, 0.3) is 0 Å². The number of carbonyl (C=O) groups is 1. The number of hydrogen-bond acceptors (Lipinski definition) is 3. The van der Waals surface area contributed by atoms with Gasteiger partial charge in [-0.15, -0.1) is 0 Å². The number of hydrogen-bond donors (Lipinski definition) is 2. The minimum absolute atomic E-state index is 0.186. The summed E-state index contributed by atoms with van der Waals surface area (Å²) in [5.74, 6) is 0. The summed E-state index contributed by atoms with van der Waals surface area (Å²) in [5.41, 5.74) is 1.46. The fourth-order valence-corrected chi connectivity index (χ4v) is 3.39. The van der Waals surface area contributed by atoms with Gasteiger partial charge in [0.25, 0.3) is 0 Å². The topological polar surface area (TPSA) is 78.5 Å². The molecule has 0 aliphatic rings. The van der Waals surface area contributed by atoms with Gasteiger partial charge in [-0.3, -0.25) is 0 Å². The molecule has 0 heterocycles. The van der Waals surface area contributed by atoms with Crippen LogP contribution in [0.3, 0.4) is 0 Å². The summed E-state index contributed by atoms with van der Waals surface area (Å²) in [4.78, 5) is 11.8. The van der Waals surface area contributed by atoms with Crippen LogP contribution < -0.4 is 10.6 Å². The zero-order valence-corrected chi connectivity index (χ0v) is 15.2. The predicted molar refractivity (Wildman–Crippen MR) is 98.8 cm³/mol. The molecule has 2 rings (SSSR count). The first-order valence-electron chi connectivity index (χ1n) is 8.08. The lowest BCUT2D eigenvalue weighted by atomic mass is 10.2. The molecule has 0 saturated heterocycles. The molecular formula is C18H23N3O3S. The number of nitrogens with one attached hydrogen (secondary N) is 2. The number of urea groups is 1. The molecule has 0 aliphatic heterocycles. The molecule has 0 radical (unpaired) electrons. The monoisotopic (exact) mass is 361 g/mol. The van der Waals surface area contributed by atoms with Gasteiger partial charge in [0, 0.05) is 25.8 Å². The molecule has 0 aliphatic carbocycles. The number of sulfonamides is 1. The predicted octanol–water partition coefficient (Wildman–Crippen LogP) is 3.04. The molecule has 7 heteroatoms. The molecule has 0 unspecified atom stereocenters. The summed E-state index contributed by atoms with van der Waals surface area (Å²) >= 11 is 0. The maximum Gasteiger partial charge on any atom is 0.319 e. The van der Waals surface area contributed by atoms with Crippen LogP contribution in [0.4, 0.5) is 10.5 Å². The smallest absolute Gasteiger partial charge is 0.319 e. The Morgan fingerprint density at radius 2 is 1.68 bits per heavy atom. The number of nitrogens with zero attached hydrogens (tertiary/aromatic N) is 1. The third kappa shape index (κ3) is 5.30. The van der Waals surface area contributed by atoms with Gasteiger partial charge in [-0.05, 0) is 36.2 Å². The summed E-state index contributed by atoms with van der Waals surface area (Å²) in [6, 6.07) is 15.2. The van der Waals surface area contributed by atoms with Crippen molar-refractivity contribution in [2.24, 2.45) is 0 Å². The van der Waals surface area contributed by atoms with Gasteiger partial charge in [-0.2, -0.15) is 4.31 Å². The maximum atomic E-state index is 12.6. The quantitative estimate of drug-likeness (QED) is 0.796. The fraction of sp³-hybridized carbons (Fsp3) is 0.278. The minimum atomic E-state index is -3.59. The van der Waals surface area contributed by atoms with E-state index in [1.807, 2.05) is 37.3 Å². The van der Waals surface area contributed by atoms with Gasteiger partial charge < -0.3 is 10.6 Å². The van der Waals surface area contributed by atoms with Crippen LogP contribution in [-0.4, -0.2) is 32.3 Å². The Morgan fingerprint density at radius 1 is 1.04 bits per heavy atom. The molecule has 2 amide bonds. The summed E-state index contributed by atoms with van der Waals surface area (Å²) in [6.45, 7) is 2.84. The van der Waals surface area contributed by atoms with Gasteiger partial charge in [-0.1, -0.05) is 37.3 Å². The van der Waals surface area contributed by atoms with Crippen LogP contribution in [0.15, 0.2) is 59.5 Å². The highest BCUT2D eigenvalue weighted by atomic mass is 32.2. The molecule has 0 bridgehead atoms. The van der Waals surface area contributed by atoms with Crippen molar-refractivity contribution < 1.29 is 13.2 Å². The van der Waals surface area contributed by atoms with Gasteiger partial charge in [-0.25, -0.2) is 13.2 Å². The molecule has 2 N–H and O–H groups in total. The Morgan fingerprint density at radius 3 is 2.28 bits per heavy atom. The number of amides is 2. The highest BCUT2D eigenvalue weighted by Gasteiger charge is 2.20. The van der Waals surface area contributed by atoms with Crippen LogP contribution in [0.2, 0.25) is 0 Å². The first-order chi connectivity index (χ1) is 11.9. The lowest BCUT2D eigenvalue weighted by Gasteiger charge is -2.17. The Bertz CT molecular complexity index is 790. The molecule has 2 aromatic carbocycles. The minimum Gasteiger partial charge on any atom is -0.338 e. The van der Waals surface area contributed by atoms with Crippen molar-refractivity contribution in [3.05, 3.63) is 60.2 Å². The Labute approximate surface area is 148 Å². The second kappa shape index (κ2) is 8.64. The Hall–Kier alpha value is -2.38. The van der Waals surface area contributed by atoms with Crippen molar-refractivity contribution in [1.82, 2.24) is 9.62 Å². The zero-order chi connectivity index (χ0) is 18.3. The third-order valence-electron chi connectivity index (χ3n) is 3.60. The Balaban J connectivity index is 2.05. The van der Waals surface area contributed by atoms with Gasteiger partial charge in [0.1, 0.15) is 0 Å². The molecule has 0 saturated carbocycles. The van der Waals surface area contributed by atoms with Crippen molar-refractivity contribution in [3.63, 3.8) is 0 Å². The number of benzene rings is 2. The largest absolute Gasteiger partial charge is 0.338 e. The van der Waals surface area contributed by atoms with Crippen molar-refractivity contribution in [3.8, 4) is 0 Å². The number of carbonyl (C=O) groups excluding carboxylic acids is 1. The molecule has 0 aromatic heterocycles. The van der Waals surface area contributed by atoms with E-state index in [0.717, 1.165) is 12.0 Å².